The van der Waals surface area contributed by atoms with Crippen LogP contribution in [0.1, 0.15) is 25.7 Å². The zero-order chi connectivity index (χ0) is 14.7. The number of anilines is 3. The van der Waals surface area contributed by atoms with Crippen molar-refractivity contribution in [1.82, 2.24) is 19.7 Å². The van der Waals surface area contributed by atoms with Gasteiger partial charge in [0.15, 0.2) is 11.6 Å². The lowest BCUT2D eigenvalue weighted by atomic mass is 10.1. The van der Waals surface area contributed by atoms with Crippen molar-refractivity contribution in [2.75, 3.05) is 17.2 Å². The maximum atomic E-state index is 13.8. The van der Waals surface area contributed by atoms with E-state index in [2.05, 4.69) is 25.7 Å². The zero-order valence-electron chi connectivity index (χ0n) is 12.0. The Balaban J connectivity index is 1.66. The summed E-state index contributed by atoms with van der Waals surface area (Å²) in [6, 6.07) is 0. The lowest BCUT2D eigenvalue weighted by Gasteiger charge is -2.12. The molecule has 2 N–H and O–H groups in total. The van der Waals surface area contributed by atoms with Crippen LogP contribution in [0.2, 0.25) is 0 Å². The van der Waals surface area contributed by atoms with Crippen LogP contribution in [0.3, 0.4) is 0 Å². The molecule has 21 heavy (non-hydrogen) atoms. The summed E-state index contributed by atoms with van der Waals surface area (Å²) in [7, 11) is 1.82. The smallest absolute Gasteiger partial charge is 0.229 e. The van der Waals surface area contributed by atoms with Gasteiger partial charge >= 0.3 is 0 Å². The van der Waals surface area contributed by atoms with Crippen molar-refractivity contribution in [2.45, 2.75) is 25.7 Å². The summed E-state index contributed by atoms with van der Waals surface area (Å²) in [5, 5.41) is 10.2. The van der Waals surface area contributed by atoms with Crippen LogP contribution in [0.4, 0.5) is 21.8 Å². The monoisotopic (exact) mass is 290 g/mol. The highest BCUT2D eigenvalue weighted by Gasteiger charge is 2.16. The molecule has 112 valence electrons. The van der Waals surface area contributed by atoms with Crippen LogP contribution >= 0.6 is 0 Å². The first-order valence-electron chi connectivity index (χ1n) is 7.23. The molecule has 0 bridgehead atoms. The topological polar surface area (TPSA) is 67.7 Å². The third kappa shape index (κ3) is 3.48. The van der Waals surface area contributed by atoms with E-state index in [4.69, 9.17) is 0 Å². The summed E-state index contributed by atoms with van der Waals surface area (Å²) in [5.41, 5.74) is 0.769. The Kier molecular flexibility index (Phi) is 3.98. The molecule has 0 radical (unpaired) electrons. The van der Waals surface area contributed by atoms with Crippen LogP contribution in [-0.4, -0.2) is 26.3 Å². The van der Waals surface area contributed by atoms with Gasteiger partial charge in [0.2, 0.25) is 5.95 Å². The Morgan fingerprint density at radius 2 is 2.14 bits per heavy atom. The normalized spacial score (nSPS) is 15.3. The average Bonchev–Trinajstić information content (AvgIpc) is 3.11. The standard InChI is InChI=1S/C14H19FN6/c1-21-9-11(7-18-21)19-14-17-8-12(15)13(20-14)16-6-10-4-2-3-5-10/h7-10H,2-6H2,1H3,(H2,16,17,19,20). The molecule has 3 rings (SSSR count). The number of halogens is 1. The van der Waals surface area contributed by atoms with E-state index in [1.54, 1.807) is 17.1 Å². The molecule has 0 atom stereocenters. The van der Waals surface area contributed by atoms with Crippen LogP contribution in [0.5, 0.6) is 0 Å². The molecule has 1 aliphatic rings. The van der Waals surface area contributed by atoms with Crippen molar-refractivity contribution >= 4 is 17.5 Å². The average molecular weight is 290 g/mol. The fourth-order valence-corrected chi connectivity index (χ4v) is 2.62. The maximum absolute atomic E-state index is 13.8. The first-order valence-corrected chi connectivity index (χ1v) is 7.23. The van der Waals surface area contributed by atoms with Gasteiger partial charge in [-0.05, 0) is 18.8 Å². The zero-order valence-corrected chi connectivity index (χ0v) is 12.0. The van der Waals surface area contributed by atoms with Crippen LogP contribution in [-0.2, 0) is 7.05 Å². The molecule has 1 fully saturated rings. The summed E-state index contributed by atoms with van der Waals surface area (Å²) < 4.78 is 15.4. The Labute approximate surface area is 122 Å². The first-order chi connectivity index (χ1) is 10.2. The number of nitrogens with zero attached hydrogens (tertiary/aromatic N) is 4. The fourth-order valence-electron chi connectivity index (χ4n) is 2.62. The summed E-state index contributed by atoms with van der Waals surface area (Å²) in [4.78, 5) is 8.14. The van der Waals surface area contributed by atoms with Crippen LogP contribution in [0.25, 0.3) is 0 Å². The predicted octanol–water partition coefficient (Wildman–Crippen LogP) is 2.69. The van der Waals surface area contributed by atoms with Gasteiger partial charge in [0, 0.05) is 19.8 Å². The minimum Gasteiger partial charge on any atom is -0.367 e. The molecule has 0 amide bonds. The summed E-state index contributed by atoms with van der Waals surface area (Å²) in [5.74, 6) is 0.806. The molecule has 0 spiro atoms. The molecule has 0 aromatic carbocycles. The summed E-state index contributed by atoms with van der Waals surface area (Å²) in [6.07, 6.45) is 9.61. The molecule has 1 aliphatic carbocycles. The van der Waals surface area contributed by atoms with Crippen molar-refractivity contribution in [3.63, 3.8) is 0 Å². The van der Waals surface area contributed by atoms with Crippen LogP contribution < -0.4 is 10.6 Å². The second kappa shape index (κ2) is 6.07. The molecule has 6 nitrogen and oxygen atoms in total. The first kappa shape index (κ1) is 13.8. The van der Waals surface area contributed by atoms with Gasteiger partial charge in [0.25, 0.3) is 0 Å². The van der Waals surface area contributed by atoms with Gasteiger partial charge in [-0.2, -0.15) is 10.1 Å². The highest BCUT2D eigenvalue weighted by atomic mass is 19.1. The van der Waals surface area contributed by atoms with Gasteiger partial charge in [0.1, 0.15) is 0 Å². The van der Waals surface area contributed by atoms with Crippen molar-refractivity contribution in [3.8, 4) is 0 Å². The second-order valence-electron chi connectivity index (χ2n) is 5.45. The number of aryl methyl sites for hydroxylation is 1. The van der Waals surface area contributed by atoms with E-state index in [1.807, 2.05) is 7.05 Å². The van der Waals surface area contributed by atoms with Crippen LogP contribution in [0.15, 0.2) is 18.6 Å². The quantitative estimate of drug-likeness (QED) is 0.886. The third-order valence-electron chi connectivity index (χ3n) is 3.74. The molecular formula is C14H19FN6. The molecule has 0 unspecified atom stereocenters. The third-order valence-corrected chi connectivity index (χ3v) is 3.74. The SMILES string of the molecule is Cn1cc(Nc2ncc(F)c(NCC3CCCC3)n2)cn1. The number of hydrogen-bond donors (Lipinski definition) is 2. The van der Waals surface area contributed by atoms with Gasteiger partial charge in [0.05, 0.1) is 18.1 Å². The van der Waals surface area contributed by atoms with Gasteiger partial charge in [-0.15, -0.1) is 0 Å². The van der Waals surface area contributed by atoms with Gasteiger partial charge < -0.3 is 10.6 Å². The summed E-state index contributed by atoms with van der Waals surface area (Å²) in [6.45, 7) is 0.764. The minimum atomic E-state index is -0.426. The highest BCUT2D eigenvalue weighted by Crippen LogP contribution is 2.25. The van der Waals surface area contributed by atoms with E-state index in [1.165, 1.54) is 31.9 Å². The van der Waals surface area contributed by atoms with Crippen molar-refractivity contribution < 1.29 is 4.39 Å². The Bertz CT molecular complexity index is 605. The molecule has 2 aromatic heterocycles. The number of rotatable bonds is 5. The molecule has 2 aromatic rings. The van der Waals surface area contributed by atoms with Crippen molar-refractivity contribution in [1.29, 1.82) is 0 Å². The fraction of sp³-hybridized carbons (Fsp3) is 0.500. The minimum absolute atomic E-state index is 0.253. The lowest BCUT2D eigenvalue weighted by Crippen LogP contribution is -2.14. The van der Waals surface area contributed by atoms with E-state index in [9.17, 15) is 4.39 Å². The molecule has 2 heterocycles. The number of hydrogen-bond acceptors (Lipinski definition) is 5. The second-order valence-corrected chi connectivity index (χ2v) is 5.45. The molecule has 0 aliphatic heterocycles. The lowest BCUT2D eigenvalue weighted by molar-refractivity contribution is 0.570. The predicted molar refractivity (Wildman–Crippen MR) is 78.9 cm³/mol. The van der Waals surface area contributed by atoms with Crippen molar-refractivity contribution in [3.05, 3.63) is 24.4 Å². The Morgan fingerprint density at radius 3 is 2.86 bits per heavy atom. The molecular weight excluding hydrogens is 271 g/mol. The molecule has 0 saturated heterocycles. The van der Waals surface area contributed by atoms with Crippen LogP contribution in [0, 0.1) is 11.7 Å². The highest BCUT2D eigenvalue weighted by molar-refractivity contribution is 5.52. The van der Waals surface area contributed by atoms with Crippen molar-refractivity contribution in [2.24, 2.45) is 13.0 Å². The Morgan fingerprint density at radius 1 is 1.33 bits per heavy atom. The molecule has 1 saturated carbocycles. The largest absolute Gasteiger partial charge is 0.367 e. The van der Waals surface area contributed by atoms with E-state index in [0.29, 0.717) is 11.9 Å². The van der Waals surface area contributed by atoms with Gasteiger partial charge in [-0.3, -0.25) is 4.68 Å². The maximum Gasteiger partial charge on any atom is 0.229 e. The number of nitrogens with one attached hydrogen (secondary N) is 2. The van der Waals surface area contributed by atoms with E-state index < -0.39 is 5.82 Å². The molecule has 7 heteroatoms. The van der Waals surface area contributed by atoms with E-state index in [-0.39, 0.29) is 5.82 Å². The Hall–Kier alpha value is -2.18. The summed E-state index contributed by atoms with van der Waals surface area (Å²) >= 11 is 0. The van der Waals surface area contributed by atoms with Gasteiger partial charge in [-0.1, -0.05) is 12.8 Å². The number of aromatic nitrogens is 4. The van der Waals surface area contributed by atoms with Gasteiger partial charge in [-0.25, -0.2) is 9.37 Å². The van der Waals surface area contributed by atoms with E-state index in [0.717, 1.165) is 12.2 Å². The van der Waals surface area contributed by atoms with E-state index >= 15 is 0 Å².